The van der Waals surface area contributed by atoms with Crippen LogP contribution in [0.4, 0.5) is 0 Å². The lowest BCUT2D eigenvalue weighted by molar-refractivity contribution is -0.137. The maximum Gasteiger partial charge on any atom is 0.305 e. The predicted octanol–water partition coefficient (Wildman–Crippen LogP) is 6.21. The number of carbonyl (C=O) groups is 1. The lowest BCUT2D eigenvalue weighted by Crippen LogP contribution is -2.14. The van der Waals surface area contributed by atoms with Crippen molar-refractivity contribution < 1.29 is 24.2 Å². The molecule has 0 spiro atoms. The van der Waals surface area contributed by atoms with Crippen LogP contribution in [0.5, 0.6) is 17.2 Å². The maximum atomic E-state index is 10.9. The minimum Gasteiger partial charge on any atom is -0.489 e. The molecule has 1 atom stereocenters. The number of carboxylic acid groups (broad SMARTS) is 1. The Labute approximate surface area is 221 Å². The van der Waals surface area contributed by atoms with Gasteiger partial charge in [-0.25, -0.2) is 0 Å². The molecule has 0 aliphatic carbocycles. The number of carboxylic acids is 1. The zero-order valence-electron chi connectivity index (χ0n) is 20.6. The predicted molar refractivity (Wildman–Crippen MR) is 143 cm³/mol. The summed E-state index contributed by atoms with van der Waals surface area (Å²) in [6.07, 6.45) is -0.232. The standard InChI is InChI=1S/C31H26N2O5/c32-20-26(19-31(34)35)24-13-17-28(18-14-24)36-21-23-11-15-27(16-12-23)37-22-30(25-7-3-1-4-8-25)33-38-29-9-5-2-6-10-29/h1-18,26H,19,21-22H2,(H,34,35). The van der Waals surface area contributed by atoms with E-state index in [1.165, 1.54) is 0 Å². The molecule has 0 saturated heterocycles. The molecule has 0 heterocycles. The summed E-state index contributed by atoms with van der Waals surface area (Å²) in [5.41, 5.74) is 3.17. The van der Waals surface area contributed by atoms with Gasteiger partial charge in [-0.05, 0) is 47.5 Å². The first-order chi connectivity index (χ1) is 18.6. The average molecular weight is 507 g/mol. The van der Waals surface area contributed by atoms with E-state index in [2.05, 4.69) is 5.16 Å². The number of hydrogen-bond donors (Lipinski definition) is 1. The van der Waals surface area contributed by atoms with E-state index in [1.54, 1.807) is 24.3 Å². The maximum absolute atomic E-state index is 10.9. The molecule has 4 aromatic rings. The van der Waals surface area contributed by atoms with Crippen LogP contribution in [0.25, 0.3) is 0 Å². The van der Waals surface area contributed by atoms with Gasteiger partial charge in [0.05, 0.1) is 18.4 Å². The van der Waals surface area contributed by atoms with Crippen molar-refractivity contribution in [3.05, 3.63) is 126 Å². The van der Waals surface area contributed by atoms with Crippen molar-refractivity contribution in [2.45, 2.75) is 18.9 Å². The lowest BCUT2D eigenvalue weighted by atomic mass is 9.97. The number of rotatable bonds is 12. The Balaban J connectivity index is 1.33. The summed E-state index contributed by atoms with van der Waals surface area (Å²) in [7, 11) is 0. The molecule has 38 heavy (non-hydrogen) atoms. The summed E-state index contributed by atoms with van der Waals surface area (Å²) in [6.45, 7) is 0.572. The molecular weight excluding hydrogens is 480 g/mol. The van der Waals surface area contributed by atoms with E-state index in [-0.39, 0.29) is 13.0 Å². The van der Waals surface area contributed by atoms with Gasteiger partial charge in [-0.1, -0.05) is 78.0 Å². The third-order valence-corrected chi connectivity index (χ3v) is 5.63. The van der Waals surface area contributed by atoms with E-state index < -0.39 is 11.9 Å². The molecule has 0 radical (unpaired) electrons. The molecule has 1 unspecified atom stereocenters. The molecule has 0 aliphatic heterocycles. The van der Waals surface area contributed by atoms with E-state index in [9.17, 15) is 10.1 Å². The Bertz CT molecular complexity index is 1380. The van der Waals surface area contributed by atoms with Gasteiger partial charge in [-0.3, -0.25) is 4.79 Å². The lowest BCUT2D eigenvalue weighted by Gasteiger charge is -2.11. The number of nitriles is 1. The fourth-order valence-corrected chi connectivity index (χ4v) is 3.59. The number of ether oxygens (including phenoxy) is 2. The van der Waals surface area contributed by atoms with Crippen LogP contribution in [-0.4, -0.2) is 23.4 Å². The molecule has 0 amide bonds. The molecule has 4 aromatic carbocycles. The monoisotopic (exact) mass is 506 g/mol. The minimum atomic E-state index is -1.01. The third kappa shape index (κ3) is 7.70. The van der Waals surface area contributed by atoms with Crippen molar-refractivity contribution in [3.8, 4) is 23.3 Å². The highest BCUT2D eigenvalue weighted by molar-refractivity contribution is 6.01. The molecule has 7 heteroatoms. The van der Waals surface area contributed by atoms with E-state index in [1.807, 2.05) is 91.0 Å². The molecule has 7 nitrogen and oxygen atoms in total. The summed E-state index contributed by atoms with van der Waals surface area (Å²) in [4.78, 5) is 16.5. The van der Waals surface area contributed by atoms with E-state index >= 15 is 0 Å². The van der Waals surface area contributed by atoms with Crippen LogP contribution in [0.2, 0.25) is 0 Å². The first-order valence-electron chi connectivity index (χ1n) is 12.0. The SMILES string of the molecule is N#CC(CC(=O)O)c1ccc(OCc2ccc(OCC(=NOc3ccccc3)c3ccccc3)cc2)cc1. The number of benzene rings is 4. The zero-order valence-corrected chi connectivity index (χ0v) is 20.6. The van der Waals surface area contributed by atoms with E-state index in [0.29, 0.717) is 35.1 Å². The molecule has 0 aromatic heterocycles. The molecule has 0 aliphatic rings. The number of para-hydroxylation sites is 1. The number of oxime groups is 1. The first kappa shape index (κ1) is 26.0. The average Bonchev–Trinajstić information content (AvgIpc) is 2.96. The number of hydrogen-bond acceptors (Lipinski definition) is 6. The van der Waals surface area contributed by atoms with Crippen molar-refractivity contribution in [3.63, 3.8) is 0 Å². The van der Waals surface area contributed by atoms with Crippen molar-refractivity contribution in [2.75, 3.05) is 6.61 Å². The second kappa shape index (κ2) is 13.3. The van der Waals surface area contributed by atoms with Gasteiger partial charge in [0, 0.05) is 5.56 Å². The topological polar surface area (TPSA) is 101 Å². The van der Waals surface area contributed by atoms with Crippen LogP contribution in [0.15, 0.2) is 114 Å². The van der Waals surface area contributed by atoms with Crippen molar-refractivity contribution in [2.24, 2.45) is 5.16 Å². The van der Waals surface area contributed by atoms with Gasteiger partial charge in [0.25, 0.3) is 0 Å². The Kier molecular flexibility index (Phi) is 9.08. The van der Waals surface area contributed by atoms with Gasteiger partial charge in [-0.2, -0.15) is 5.26 Å². The molecule has 190 valence electrons. The van der Waals surface area contributed by atoms with Crippen LogP contribution >= 0.6 is 0 Å². The normalized spacial score (nSPS) is 11.7. The third-order valence-electron chi connectivity index (χ3n) is 5.63. The van der Waals surface area contributed by atoms with E-state index in [0.717, 1.165) is 11.1 Å². The molecule has 0 saturated carbocycles. The van der Waals surface area contributed by atoms with Gasteiger partial charge in [-0.15, -0.1) is 0 Å². The fourth-order valence-electron chi connectivity index (χ4n) is 3.59. The summed E-state index contributed by atoms with van der Waals surface area (Å²) in [6, 6.07) is 35.6. The molecule has 4 rings (SSSR count). The highest BCUT2D eigenvalue weighted by Gasteiger charge is 2.14. The molecule has 0 bridgehead atoms. The molecule has 1 N–H and O–H groups in total. The van der Waals surface area contributed by atoms with Crippen molar-refractivity contribution in [1.29, 1.82) is 5.26 Å². The quantitative estimate of drug-likeness (QED) is 0.181. The highest BCUT2D eigenvalue weighted by Crippen LogP contribution is 2.23. The Morgan fingerprint density at radius 2 is 1.39 bits per heavy atom. The second-order valence-electron chi connectivity index (χ2n) is 8.38. The Morgan fingerprint density at radius 3 is 2.03 bits per heavy atom. The Morgan fingerprint density at radius 1 is 0.789 bits per heavy atom. The molecule has 0 fully saturated rings. The van der Waals surface area contributed by atoms with Crippen LogP contribution in [0.1, 0.15) is 29.0 Å². The number of aliphatic carboxylic acids is 1. The van der Waals surface area contributed by atoms with Crippen molar-refractivity contribution >= 4 is 11.7 Å². The van der Waals surface area contributed by atoms with E-state index in [4.69, 9.17) is 19.4 Å². The molecular formula is C31H26N2O5. The fraction of sp³-hybridized carbons (Fsp3) is 0.129. The first-order valence-corrected chi connectivity index (χ1v) is 12.0. The van der Waals surface area contributed by atoms with Crippen LogP contribution in [0, 0.1) is 11.3 Å². The largest absolute Gasteiger partial charge is 0.489 e. The van der Waals surface area contributed by atoms with Crippen LogP contribution in [-0.2, 0) is 11.4 Å². The summed E-state index contributed by atoms with van der Waals surface area (Å²) < 4.78 is 11.8. The number of nitrogens with zero attached hydrogens (tertiary/aromatic N) is 2. The van der Waals surface area contributed by atoms with Gasteiger partial charge in [0.2, 0.25) is 0 Å². The summed E-state index contributed by atoms with van der Waals surface area (Å²) >= 11 is 0. The zero-order chi connectivity index (χ0) is 26.6. The summed E-state index contributed by atoms with van der Waals surface area (Å²) in [5.74, 6) is 0.260. The van der Waals surface area contributed by atoms with Gasteiger partial charge < -0.3 is 19.4 Å². The van der Waals surface area contributed by atoms with Crippen molar-refractivity contribution in [1.82, 2.24) is 0 Å². The minimum absolute atomic E-state index is 0.227. The second-order valence-corrected chi connectivity index (χ2v) is 8.38. The summed E-state index contributed by atoms with van der Waals surface area (Å²) in [5, 5.41) is 22.5. The van der Waals surface area contributed by atoms with Gasteiger partial charge >= 0.3 is 5.97 Å². The van der Waals surface area contributed by atoms with Gasteiger partial charge in [0.15, 0.2) is 5.75 Å². The van der Waals surface area contributed by atoms with Crippen LogP contribution < -0.4 is 14.3 Å². The van der Waals surface area contributed by atoms with Gasteiger partial charge in [0.1, 0.15) is 30.4 Å². The smallest absolute Gasteiger partial charge is 0.305 e. The van der Waals surface area contributed by atoms with Crippen LogP contribution in [0.3, 0.4) is 0 Å². The highest BCUT2D eigenvalue weighted by atomic mass is 16.6. The Hall–Kier alpha value is -5.09.